The molecule has 144 valence electrons. The van der Waals surface area contributed by atoms with E-state index in [4.69, 9.17) is 0 Å². The molecule has 0 unspecified atom stereocenters. The zero-order valence-corrected chi connectivity index (χ0v) is 15.8. The summed E-state index contributed by atoms with van der Waals surface area (Å²) in [5.41, 5.74) is -0.180. The standard InChI is InChI=1S/C16H21N7O3S/c1-9(2)7-11(14(24)22-16-17-5-6-27-16)20-15-18-8-12(23(25)26)13(21-15)19-10-3-4-10/h5-6,8-11H,3-4,7H2,1-2H3,(H,17,22,24)(H2,18,19,20,21)/t11-/m1/s1. The summed E-state index contributed by atoms with van der Waals surface area (Å²) in [4.78, 5) is 35.6. The Hall–Kier alpha value is -2.82. The van der Waals surface area contributed by atoms with Gasteiger partial charge in [-0.05, 0) is 25.2 Å². The molecule has 1 aliphatic carbocycles. The zero-order valence-electron chi connectivity index (χ0n) is 15.0. The lowest BCUT2D eigenvalue weighted by molar-refractivity contribution is -0.384. The van der Waals surface area contributed by atoms with Gasteiger partial charge in [-0.25, -0.2) is 9.97 Å². The van der Waals surface area contributed by atoms with Crippen molar-refractivity contribution in [2.24, 2.45) is 5.92 Å². The maximum Gasteiger partial charge on any atom is 0.329 e. The molecular formula is C16H21N7O3S. The minimum absolute atomic E-state index is 0.170. The van der Waals surface area contributed by atoms with Crippen molar-refractivity contribution >= 4 is 39.8 Å². The fraction of sp³-hybridized carbons (Fsp3) is 0.500. The van der Waals surface area contributed by atoms with Crippen LogP contribution >= 0.6 is 11.3 Å². The molecule has 1 amide bonds. The molecule has 1 fully saturated rings. The molecule has 1 saturated carbocycles. The number of carbonyl (C=O) groups is 1. The number of carbonyl (C=O) groups excluding carboxylic acids is 1. The van der Waals surface area contributed by atoms with Gasteiger partial charge in [0.1, 0.15) is 12.2 Å². The lowest BCUT2D eigenvalue weighted by Gasteiger charge is -2.19. The van der Waals surface area contributed by atoms with Crippen LogP contribution in [0.25, 0.3) is 0 Å². The number of nitro groups is 1. The van der Waals surface area contributed by atoms with E-state index in [0.717, 1.165) is 19.0 Å². The first-order valence-electron chi connectivity index (χ1n) is 8.67. The van der Waals surface area contributed by atoms with Crippen molar-refractivity contribution in [1.29, 1.82) is 0 Å². The van der Waals surface area contributed by atoms with Crippen LogP contribution in [0.15, 0.2) is 17.8 Å². The van der Waals surface area contributed by atoms with Crippen LogP contribution in [0.2, 0.25) is 0 Å². The third-order valence-corrected chi connectivity index (χ3v) is 4.56. The topological polar surface area (TPSA) is 135 Å². The molecule has 0 radical (unpaired) electrons. The first-order valence-corrected chi connectivity index (χ1v) is 9.55. The quantitative estimate of drug-likeness (QED) is 0.439. The summed E-state index contributed by atoms with van der Waals surface area (Å²) in [6.07, 6.45) is 5.22. The Bertz CT molecular complexity index is 808. The van der Waals surface area contributed by atoms with Gasteiger partial charge < -0.3 is 16.0 Å². The molecule has 27 heavy (non-hydrogen) atoms. The number of nitrogens with one attached hydrogen (secondary N) is 3. The Kier molecular flexibility index (Phi) is 5.79. The normalized spacial score (nSPS) is 14.6. The minimum Gasteiger partial charge on any atom is -0.361 e. The van der Waals surface area contributed by atoms with Gasteiger partial charge in [0.05, 0.1) is 4.92 Å². The summed E-state index contributed by atoms with van der Waals surface area (Å²) >= 11 is 1.33. The number of hydrogen-bond acceptors (Lipinski definition) is 9. The molecular weight excluding hydrogens is 370 g/mol. The molecule has 0 spiro atoms. The molecule has 2 aromatic rings. The van der Waals surface area contributed by atoms with Gasteiger partial charge in [-0.15, -0.1) is 11.3 Å². The van der Waals surface area contributed by atoms with Gasteiger partial charge in [0.25, 0.3) is 0 Å². The first-order chi connectivity index (χ1) is 12.9. The van der Waals surface area contributed by atoms with Crippen LogP contribution < -0.4 is 16.0 Å². The highest BCUT2D eigenvalue weighted by atomic mass is 32.1. The second-order valence-corrected chi connectivity index (χ2v) is 7.65. The average Bonchev–Trinajstić information content (AvgIpc) is 3.26. The largest absolute Gasteiger partial charge is 0.361 e. The van der Waals surface area contributed by atoms with E-state index >= 15 is 0 Å². The maximum atomic E-state index is 12.6. The van der Waals surface area contributed by atoms with Crippen molar-refractivity contribution in [2.45, 2.75) is 45.2 Å². The molecule has 1 atom stereocenters. The molecule has 0 bridgehead atoms. The number of thiazole rings is 1. The van der Waals surface area contributed by atoms with Crippen LogP contribution in [0.4, 0.5) is 22.6 Å². The Balaban J connectivity index is 1.77. The van der Waals surface area contributed by atoms with Gasteiger partial charge in [-0.3, -0.25) is 14.9 Å². The van der Waals surface area contributed by atoms with E-state index in [1.54, 1.807) is 11.6 Å². The molecule has 2 aromatic heterocycles. The van der Waals surface area contributed by atoms with E-state index in [2.05, 4.69) is 30.9 Å². The van der Waals surface area contributed by atoms with Crippen LogP contribution in [0.3, 0.4) is 0 Å². The highest BCUT2D eigenvalue weighted by Crippen LogP contribution is 2.29. The van der Waals surface area contributed by atoms with Gasteiger partial charge in [0.15, 0.2) is 5.13 Å². The van der Waals surface area contributed by atoms with Crippen LogP contribution in [0.1, 0.15) is 33.1 Å². The highest BCUT2D eigenvalue weighted by Gasteiger charge is 2.28. The van der Waals surface area contributed by atoms with Crippen LogP contribution in [-0.2, 0) is 4.79 Å². The maximum absolute atomic E-state index is 12.6. The third kappa shape index (κ3) is 5.33. The number of nitrogens with zero attached hydrogens (tertiary/aromatic N) is 4. The summed E-state index contributed by atoms with van der Waals surface area (Å²) in [6.45, 7) is 4.00. The molecule has 10 nitrogen and oxygen atoms in total. The molecule has 1 aliphatic rings. The number of rotatable bonds is 9. The second kappa shape index (κ2) is 8.25. The SMILES string of the molecule is CC(C)C[C@@H](Nc1ncc([N+](=O)[O-])c(NC2CC2)n1)C(=O)Nc1nccs1. The van der Waals surface area contributed by atoms with Crippen molar-refractivity contribution in [3.05, 3.63) is 27.9 Å². The molecule has 0 saturated heterocycles. The Morgan fingerprint density at radius 2 is 2.19 bits per heavy atom. The smallest absolute Gasteiger partial charge is 0.329 e. The summed E-state index contributed by atoms with van der Waals surface area (Å²) in [6, 6.07) is -0.393. The predicted molar refractivity (Wildman–Crippen MR) is 103 cm³/mol. The van der Waals surface area contributed by atoms with Gasteiger partial charge in [-0.1, -0.05) is 13.8 Å². The highest BCUT2D eigenvalue weighted by molar-refractivity contribution is 7.13. The number of amides is 1. The van der Waals surface area contributed by atoms with Gasteiger partial charge in [-0.2, -0.15) is 4.98 Å². The van der Waals surface area contributed by atoms with Crippen molar-refractivity contribution < 1.29 is 9.72 Å². The number of aromatic nitrogens is 3. The second-order valence-electron chi connectivity index (χ2n) is 6.76. The van der Waals surface area contributed by atoms with Crippen molar-refractivity contribution in [3.63, 3.8) is 0 Å². The van der Waals surface area contributed by atoms with E-state index in [1.807, 2.05) is 13.8 Å². The predicted octanol–water partition coefficient (Wildman–Crippen LogP) is 2.88. The first kappa shape index (κ1) is 19.0. The third-order valence-electron chi connectivity index (χ3n) is 3.87. The summed E-state index contributed by atoms with van der Waals surface area (Å²) in [5.74, 6) is 0.330. The van der Waals surface area contributed by atoms with Crippen LogP contribution in [0, 0.1) is 16.0 Å². The zero-order chi connectivity index (χ0) is 19.4. The molecule has 11 heteroatoms. The Morgan fingerprint density at radius 3 is 2.78 bits per heavy atom. The monoisotopic (exact) mass is 391 g/mol. The fourth-order valence-corrected chi connectivity index (χ4v) is 2.97. The molecule has 3 rings (SSSR count). The van der Waals surface area contributed by atoms with E-state index < -0.39 is 11.0 Å². The minimum atomic E-state index is -0.593. The molecule has 3 N–H and O–H groups in total. The van der Waals surface area contributed by atoms with Crippen LogP contribution in [0.5, 0.6) is 0 Å². The lowest BCUT2D eigenvalue weighted by Crippen LogP contribution is -2.36. The number of hydrogen-bond donors (Lipinski definition) is 3. The van der Waals surface area contributed by atoms with Crippen molar-refractivity contribution in [2.75, 3.05) is 16.0 Å². The van der Waals surface area contributed by atoms with Gasteiger partial charge in [0.2, 0.25) is 17.7 Å². The Labute approximate surface area is 160 Å². The van der Waals surface area contributed by atoms with Crippen molar-refractivity contribution in [3.8, 4) is 0 Å². The van der Waals surface area contributed by atoms with Crippen molar-refractivity contribution in [1.82, 2.24) is 15.0 Å². The van der Waals surface area contributed by atoms with E-state index in [0.29, 0.717) is 11.6 Å². The summed E-state index contributed by atoms with van der Waals surface area (Å²) in [7, 11) is 0. The van der Waals surface area contributed by atoms with E-state index in [1.165, 1.54) is 11.3 Å². The molecule has 2 heterocycles. The molecule has 0 aromatic carbocycles. The summed E-state index contributed by atoms with van der Waals surface area (Å²) in [5, 5.41) is 22.3. The lowest BCUT2D eigenvalue weighted by atomic mass is 10.0. The van der Waals surface area contributed by atoms with E-state index in [9.17, 15) is 14.9 Å². The van der Waals surface area contributed by atoms with E-state index in [-0.39, 0.29) is 35.3 Å². The van der Waals surface area contributed by atoms with Gasteiger partial charge in [0, 0.05) is 17.6 Å². The Morgan fingerprint density at radius 1 is 1.41 bits per heavy atom. The summed E-state index contributed by atoms with van der Waals surface area (Å²) < 4.78 is 0. The fourth-order valence-electron chi connectivity index (χ4n) is 2.44. The average molecular weight is 391 g/mol. The van der Waals surface area contributed by atoms with Crippen LogP contribution in [-0.4, -0.2) is 37.9 Å². The molecule has 0 aliphatic heterocycles. The number of anilines is 3. The van der Waals surface area contributed by atoms with Gasteiger partial charge >= 0.3 is 5.69 Å².